The smallest absolute Gasteiger partial charge is 0.0788 e. The molecule has 0 bridgehead atoms. The first-order chi connectivity index (χ1) is 8.57. The number of hydrogen-bond acceptors (Lipinski definition) is 2. The highest BCUT2D eigenvalue weighted by Crippen LogP contribution is 2.30. The van der Waals surface area contributed by atoms with Crippen molar-refractivity contribution in [2.45, 2.75) is 89.7 Å². The fourth-order valence-electron chi connectivity index (χ4n) is 3.16. The van der Waals surface area contributed by atoms with Crippen molar-refractivity contribution in [2.24, 2.45) is 0 Å². The zero-order chi connectivity index (χ0) is 13.4. The minimum atomic E-state index is -0.392. The number of rotatable bonds is 9. The van der Waals surface area contributed by atoms with Gasteiger partial charge in [-0.15, -0.1) is 0 Å². The fraction of sp³-hybridized carbons (Fsp3) is 1.00. The van der Waals surface area contributed by atoms with Gasteiger partial charge in [0, 0.05) is 12.6 Å². The summed E-state index contributed by atoms with van der Waals surface area (Å²) in [5.41, 5.74) is -0.392. The zero-order valence-corrected chi connectivity index (χ0v) is 12.7. The van der Waals surface area contributed by atoms with Crippen LogP contribution in [-0.2, 0) is 0 Å². The molecule has 1 heterocycles. The third-order valence-corrected chi connectivity index (χ3v) is 4.47. The van der Waals surface area contributed by atoms with Crippen molar-refractivity contribution < 1.29 is 5.11 Å². The van der Waals surface area contributed by atoms with Gasteiger partial charge in [0.25, 0.3) is 0 Å². The first-order valence-corrected chi connectivity index (χ1v) is 8.00. The molecule has 2 unspecified atom stereocenters. The van der Waals surface area contributed by atoms with Crippen LogP contribution in [0.25, 0.3) is 0 Å². The summed E-state index contributed by atoms with van der Waals surface area (Å²) in [4.78, 5) is 2.28. The first kappa shape index (κ1) is 16.0. The van der Waals surface area contributed by atoms with Crippen LogP contribution in [0.5, 0.6) is 0 Å². The van der Waals surface area contributed by atoms with Crippen LogP contribution in [-0.4, -0.2) is 35.2 Å². The number of aliphatic hydroxyl groups is 1. The molecule has 0 aromatic carbocycles. The van der Waals surface area contributed by atoms with Crippen LogP contribution in [0.1, 0.15) is 78.1 Å². The molecule has 0 radical (unpaired) electrons. The summed E-state index contributed by atoms with van der Waals surface area (Å²) in [5, 5.41) is 10.5. The minimum absolute atomic E-state index is 0.392. The van der Waals surface area contributed by atoms with E-state index < -0.39 is 5.60 Å². The average Bonchev–Trinajstić information content (AvgIpc) is 2.57. The van der Waals surface area contributed by atoms with Gasteiger partial charge in [-0.2, -0.15) is 0 Å². The Bertz CT molecular complexity index is 207. The number of hydrogen-bond donors (Lipinski definition) is 1. The van der Waals surface area contributed by atoms with Gasteiger partial charge in [-0.05, 0) is 26.8 Å². The number of likely N-dealkylation sites (tertiary alicyclic amines) is 1. The molecule has 1 saturated heterocycles. The Hall–Kier alpha value is -0.0800. The molecule has 2 heteroatoms. The van der Waals surface area contributed by atoms with Crippen LogP contribution in [0, 0.1) is 0 Å². The Balaban J connectivity index is 1.98. The Morgan fingerprint density at radius 1 is 1.06 bits per heavy atom. The van der Waals surface area contributed by atoms with Crippen LogP contribution in [0.2, 0.25) is 0 Å². The predicted molar refractivity (Wildman–Crippen MR) is 78.9 cm³/mol. The van der Waals surface area contributed by atoms with Crippen molar-refractivity contribution in [3.8, 4) is 0 Å². The second kappa shape index (κ2) is 8.16. The molecule has 1 aliphatic rings. The highest BCUT2D eigenvalue weighted by atomic mass is 16.3. The van der Waals surface area contributed by atoms with E-state index in [9.17, 15) is 5.11 Å². The maximum absolute atomic E-state index is 10.5. The molecule has 2 nitrogen and oxygen atoms in total. The number of nitrogens with zero attached hydrogens (tertiary/aromatic N) is 1. The zero-order valence-electron chi connectivity index (χ0n) is 12.7. The third-order valence-electron chi connectivity index (χ3n) is 4.47. The number of β-amino-alcohol motifs (C(OH)–C–C–N with tert-alkyl or cyclic N) is 1. The molecule has 1 N–H and O–H groups in total. The fourth-order valence-corrected chi connectivity index (χ4v) is 3.16. The second-order valence-corrected chi connectivity index (χ2v) is 6.42. The molecule has 18 heavy (non-hydrogen) atoms. The topological polar surface area (TPSA) is 23.5 Å². The predicted octanol–water partition coefficient (Wildman–Crippen LogP) is 3.97. The monoisotopic (exact) mass is 255 g/mol. The highest BCUT2D eigenvalue weighted by molar-refractivity contribution is 4.93. The van der Waals surface area contributed by atoms with Gasteiger partial charge in [-0.25, -0.2) is 0 Å². The third kappa shape index (κ3) is 5.71. The summed E-state index contributed by atoms with van der Waals surface area (Å²) in [6, 6.07) is 0.545. The average molecular weight is 255 g/mol. The van der Waals surface area contributed by atoms with Crippen molar-refractivity contribution in [3.63, 3.8) is 0 Å². The SMILES string of the molecule is CCCCCCCCCCC1(O)CC(C)N(C)C1. The number of unbranched alkanes of at least 4 members (excludes halogenated alkanes) is 7. The Morgan fingerprint density at radius 3 is 2.11 bits per heavy atom. The largest absolute Gasteiger partial charge is 0.388 e. The van der Waals surface area contributed by atoms with E-state index in [1.54, 1.807) is 0 Å². The van der Waals surface area contributed by atoms with Crippen LogP contribution < -0.4 is 0 Å². The van der Waals surface area contributed by atoms with Crippen LogP contribution in [0.4, 0.5) is 0 Å². The van der Waals surface area contributed by atoms with Crippen LogP contribution >= 0.6 is 0 Å². The lowest BCUT2D eigenvalue weighted by atomic mass is 9.93. The quantitative estimate of drug-likeness (QED) is 0.630. The summed E-state index contributed by atoms with van der Waals surface area (Å²) in [6.45, 7) is 5.34. The molecule has 1 rings (SSSR count). The lowest BCUT2D eigenvalue weighted by molar-refractivity contribution is 0.0401. The number of likely N-dealkylation sites (N-methyl/N-ethyl adjacent to an activating group) is 1. The van der Waals surface area contributed by atoms with Crippen molar-refractivity contribution in [3.05, 3.63) is 0 Å². The molecule has 0 aromatic heterocycles. The standard InChI is InChI=1S/C16H33NO/c1-4-5-6-7-8-9-10-11-12-16(18)13-15(2)17(3)14-16/h15,18H,4-14H2,1-3H3. The summed E-state index contributed by atoms with van der Waals surface area (Å²) in [5.74, 6) is 0. The molecule has 1 fully saturated rings. The molecule has 0 aromatic rings. The summed E-state index contributed by atoms with van der Waals surface area (Å²) in [7, 11) is 2.12. The van der Waals surface area contributed by atoms with E-state index >= 15 is 0 Å². The lowest BCUT2D eigenvalue weighted by Crippen LogP contribution is -2.31. The van der Waals surface area contributed by atoms with E-state index in [-0.39, 0.29) is 0 Å². The molecule has 108 valence electrons. The second-order valence-electron chi connectivity index (χ2n) is 6.42. The van der Waals surface area contributed by atoms with Gasteiger partial charge in [0.2, 0.25) is 0 Å². The van der Waals surface area contributed by atoms with E-state index in [4.69, 9.17) is 0 Å². The molecule has 2 atom stereocenters. The van der Waals surface area contributed by atoms with Crippen molar-refractivity contribution in [2.75, 3.05) is 13.6 Å². The van der Waals surface area contributed by atoms with E-state index in [2.05, 4.69) is 25.8 Å². The van der Waals surface area contributed by atoms with Gasteiger partial charge in [0.15, 0.2) is 0 Å². The van der Waals surface area contributed by atoms with E-state index in [1.165, 1.54) is 51.4 Å². The van der Waals surface area contributed by atoms with Gasteiger partial charge in [0.05, 0.1) is 5.60 Å². The summed E-state index contributed by atoms with van der Waals surface area (Å²) in [6.07, 6.45) is 12.7. The minimum Gasteiger partial charge on any atom is -0.388 e. The molecule has 0 saturated carbocycles. The van der Waals surface area contributed by atoms with E-state index in [0.29, 0.717) is 6.04 Å². The lowest BCUT2D eigenvalue weighted by Gasteiger charge is -2.22. The van der Waals surface area contributed by atoms with Gasteiger partial charge in [0.1, 0.15) is 0 Å². The van der Waals surface area contributed by atoms with Gasteiger partial charge >= 0.3 is 0 Å². The van der Waals surface area contributed by atoms with Gasteiger partial charge in [-0.3, -0.25) is 0 Å². The summed E-state index contributed by atoms with van der Waals surface area (Å²) < 4.78 is 0. The van der Waals surface area contributed by atoms with E-state index in [0.717, 1.165) is 19.4 Å². The first-order valence-electron chi connectivity index (χ1n) is 8.00. The Morgan fingerprint density at radius 2 is 1.61 bits per heavy atom. The summed E-state index contributed by atoms with van der Waals surface area (Å²) >= 11 is 0. The maximum Gasteiger partial charge on any atom is 0.0788 e. The Labute approximate surface area is 114 Å². The highest BCUT2D eigenvalue weighted by Gasteiger charge is 2.37. The molecule has 1 aliphatic heterocycles. The molecular formula is C16H33NO. The van der Waals surface area contributed by atoms with Gasteiger partial charge < -0.3 is 10.0 Å². The molecule has 0 aliphatic carbocycles. The van der Waals surface area contributed by atoms with Crippen LogP contribution in [0.15, 0.2) is 0 Å². The van der Waals surface area contributed by atoms with E-state index in [1.807, 2.05) is 0 Å². The molecule has 0 amide bonds. The molecule has 0 spiro atoms. The maximum atomic E-state index is 10.5. The normalized spacial score (nSPS) is 29.0. The van der Waals surface area contributed by atoms with Crippen LogP contribution in [0.3, 0.4) is 0 Å². The Kier molecular flexibility index (Phi) is 7.25. The van der Waals surface area contributed by atoms with Crippen molar-refractivity contribution in [1.82, 2.24) is 4.90 Å². The van der Waals surface area contributed by atoms with Gasteiger partial charge in [-0.1, -0.05) is 58.3 Å². The van der Waals surface area contributed by atoms with Crippen molar-refractivity contribution >= 4 is 0 Å². The molecular weight excluding hydrogens is 222 g/mol. The van der Waals surface area contributed by atoms with Crippen molar-refractivity contribution in [1.29, 1.82) is 0 Å².